The summed E-state index contributed by atoms with van der Waals surface area (Å²) in [5.41, 5.74) is 11.2. The van der Waals surface area contributed by atoms with Crippen LogP contribution in [-0.4, -0.2) is 41.0 Å². The van der Waals surface area contributed by atoms with Crippen LogP contribution in [0.25, 0.3) is 22.2 Å². The monoisotopic (exact) mass is 480 g/mol. The molecular formula is C27H24N6O3. The van der Waals surface area contributed by atoms with Gasteiger partial charge in [0.05, 0.1) is 31.5 Å². The van der Waals surface area contributed by atoms with E-state index in [2.05, 4.69) is 10.4 Å². The van der Waals surface area contributed by atoms with Crippen LogP contribution in [0.3, 0.4) is 0 Å². The van der Waals surface area contributed by atoms with Crippen LogP contribution < -0.4 is 20.5 Å². The molecule has 5 rings (SSSR count). The van der Waals surface area contributed by atoms with Gasteiger partial charge in [0.25, 0.3) is 5.91 Å². The van der Waals surface area contributed by atoms with Crippen molar-refractivity contribution in [1.82, 2.24) is 14.6 Å². The molecule has 2 heterocycles. The molecule has 0 saturated carbocycles. The maximum Gasteiger partial charge on any atom is 0.261 e. The first-order valence-corrected chi connectivity index (χ1v) is 11.2. The fourth-order valence-electron chi connectivity index (χ4n) is 3.88. The van der Waals surface area contributed by atoms with Crippen molar-refractivity contribution in [1.29, 1.82) is 0 Å². The van der Waals surface area contributed by atoms with Crippen LogP contribution in [0.4, 0.5) is 11.5 Å². The number of benzene rings is 3. The minimum absolute atomic E-state index is 0.127. The molecule has 0 atom stereocenters. The number of ether oxygens (including phenoxy) is 2. The summed E-state index contributed by atoms with van der Waals surface area (Å²) in [6.45, 7) is 1.98. The quantitative estimate of drug-likeness (QED) is 0.342. The van der Waals surface area contributed by atoms with Gasteiger partial charge in [-0.05, 0) is 55.0 Å². The van der Waals surface area contributed by atoms with Crippen LogP contribution in [0.2, 0.25) is 0 Å². The molecule has 0 aliphatic rings. The average Bonchev–Trinajstić information content (AvgIpc) is 3.17. The molecule has 2 aromatic heterocycles. The molecule has 9 heteroatoms. The second-order valence-electron chi connectivity index (χ2n) is 8.14. The van der Waals surface area contributed by atoms with Gasteiger partial charge in [-0.1, -0.05) is 29.8 Å². The topological polar surface area (TPSA) is 117 Å². The van der Waals surface area contributed by atoms with Gasteiger partial charge in [0.2, 0.25) is 0 Å². The molecule has 0 radical (unpaired) electrons. The van der Waals surface area contributed by atoms with E-state index in [1.54, 1.807) is 32.6 Å². The number of rotatable bonds is 6. The molecule has 180 valence electrons. The van der Waals surface area contributed by atoms with Gasteiger partial charge in [0.15, 0.2) is 17.1 Å². The summed E-state index contributed by atoms with van der Waals surface area (Å²) in [7, 11) is 3.14. The molecule has 5 aromatic rings. The fraction of sp³-hybridized carbons (Fsp3) is 0.111. The number of para-hydroxylation sites is 2. The molecular weight excluding hydrogens is 456 g/mol. The molecule has 0 unspecified atom stereocenters. The second-order valence-corrected chi connectivity index (χ2v) is 8.14. The number of hydrogen-bond acceptors (Lipinski definition) is 7. The highest BCUT2D eigenvalue weighted by Crippen LogP contribution is 2.30. The maximum absolute atomic E-state index is 13.4. The van der Waals surface area contributed by atoms with E-state index in [0.29, 0.717) is 39.4 Å². The lowest BCUT2D eigenvalue weighted by Crippen LogP contribution is -2.14. The number of nitrogens with one attached hydrogen (secondary N) is 1. The lowest BCUT2D eigenvalue weighted by atomic mass is 10.2. The van der Waals surface area contributed by atoms with Gasteiger partial charge in [-0.3, -0.25) is 4.79 Å². The summed E-state index contributed by atoms with van der Waals surface area (Å²) in [5.74, 6) is 0.899. The molecule has 3 aromatic carbocycles. The van der Waals surface area contributed by atoms with E-state index in [0.717, 1.165) is 11.1 Å². The van der Waals surface area contributed by atoms with Crippen molar-refractivity contribution in [3.63, 3.8) is 0 Å². The van der Waals surface area contributed by atoms with Gasteiger partial charge < -0.3 is 20.5 Å². The Kier molecular flexibility index (Phi) is 5.95. The number of methoxy groups -OCH3 is 2. The Bertz CT molecular complexity index is 1620. The number of nitrogens with two attached hydrogens (primary N) is 1. The summed E-state index contributed by atoms with van der Waals surface area (Å²) in [6.07, 6.45) is 1.61. The number of carbonyl (C=O) groups excluding carboxylic acids is 1. The number of aryl methyl sites for hydroxylation is 1. The Balaban J connectivity index is 1.63. The van der Waals surface area contributed by atoms with E-state index in [1.165, 1.54) is 4.68 Å². The highest BCUT2D eigenvalue weighted by Gasteiger charge is 2.24. The van der Waals surface area contributed by atoms with Crippen LogP contribution in [0.15, 0.2) is 71.8 Å². The predicted molar refractivity (Wildman–Crippen MR) is 141 cm³/mol. The summed E-state index contributed by atoms with van der Waals surface area (Å²) >= 11 is 0. The lowest BCUT2D eigenvalue weighted by molar-refractivity contribution is 0.102. The Morgan fingerprint density at radius 2 is 1.67 bits per heavy atom. The van der Waals surface area contributed by atoms with Crippen LogP contribution in [0.1, 0.15) is 21.5 Å². The SMILES string of the molecule is COc1ccc(/C=N\n2c(N)c(C(=O)Nc3ccc(C)cc3)c3nc4ccccc4nc32)cc1OC. The summed E-state index contributed by atoms with van der Waals surface area (Å²) in [4.78, 5) is 22.8. The first-order chi connectivity index (χ1) is 17.5. The molecule has 9 nitrogen and oxygen atoms in total. The lowest BCUT2D eigenvalue weighted by Gasteiger charge is -2.07. The zero-order valence-corrected chi connectivity index (χ0v) is 20.0. The van der Waals surface area contributed by atoms with E-state index in [1.807, 2.05) is 61.5 Å². The van der Waals surface area contributed by atoms with Crippen molar-refractivity contribution >= 4 is 45.8 Å². The number of amides is 1. The number of anilines is 2. The smallest absolute Gasteiger partial charge is 0.261 e. The second kappa shape index (κ2) is 9.38. The number of hydrogen-bond donors (Lipinski definition) is 2. The van der Waals surface area contributed by atoms with E-state index in [9.17, 15) is 4.79 Å². The molecule has 3 N–H and O–H groups in total. The third-order valence-electron chi connectivity index (χ3n) is 5.74. The van der Waals surface area contributed by atoms with Crippen molar-refractivity contribution < 1.29 is 14.3 Å². The minimum Gasteiger partial charge on any atom is -0.493 e. The van der Waals surface area contributed by atoms with Gasteiger partial charge >= 0.3 is 0 Å². The van der Waals surface area contributed by atoms with E-state index in [-0.39, 0.29) is 11.4 Å². The first kappa shape index (κ1) is 22.9. The van der Waals surface area contributed by atoms with Crippen LogP contribution in [0.5, 0.6) is 11.5 Å². The van der Waals surface area contributed by atoms with Crippen LogP contribution >= 0.6 is 0 Å². The van der Waals surface area contributed by atoms with Crippen molar-refractivity contribution in [2.75, 3.05) is 25.3 Å². The summed E-state index contributed by atoms with van der Waals surface area (Å²) < 4.78 is 12.1. The van der Waals surface area contributed by atoms with Crippen molar-refractivity contribution in [3.8, 4) is 11.5 Å². The number of nitrogens with zero attached hydrogens (tertiary/aromatic N) is 4. The molecule has 1 amide bonds. The minimum atomic E-state index is -0.397. The average molecular weight is 481 g/mol. The van der Waals surface area contributed by atoms with Gasteiger partial charge in [0, 0.05) is 5.69 Å². The molecule has 36 heavy (non-hydrogen) atoms. The van der Waals surface area contributed by atoms with E-state index >= 15 is 0 Å². The van der Waals surface area contributed by atoms with Crippen LogP contribution in [0, 0.1) is 6.92 Å². The normalized spacial score (nSPS) is 11.3. The third-order valence-corrected chi connectivity index (χ3v) is 5.74. The molecule has 0 bridgehead atoms. The molecule has 0 saturated heterocycles. The van der Waals surface area contributed by atoms with Crippen molar-refractivity contribution in [3.05, 3.63) is 83.4 Å². The van der Waals surface area contributed by atoms with Gasteiger partial charge in [-0.15, -0.1) is 0 Å². The highest BCUT2D eigenvalue weighted by molar-refractivity contribution is 6.16. The number of fused-ring (bicyclic) bond motifs is 2. The Hall–Kier alpha value is -4.92. The zero-order chi connectivity index (χ0) is 25.2. The Morgan fingerprint density at radius 3 is 2.36 bits per heavy atom. The van der Waals surface area contributed by atoms with Gasteiger partial charge in [-0.25, -0.2) is 9.97 Å². The number of nitrogen functional groups attached to an aromatic ring is 1. The number of carbonyl (C=O) groups is 1. The Labute approximate surface area is 207 Å². The predicted octanol–water partition coefficient (Wildman–Crippen LogP) is 4.63. The zero-order valence-electron chi connectivity index (χ0n) is 20.0. The van der Waals surface area contributed by atoms with Crippen LogP contribution in [-0.2, 0) is 0 Å². The summed E-state index contributed by atoms with van der Waals surface area (Å²) in [5, 5.41) is 7.45. The largest absolute Gasteiger partial charge is 0.493 e. The first-order valence-electron chi connectivity index (χ1n) is 11.2. The van der Waals surface area contributed by atoms with E-state index in [4.69, 9.17) is 25.2 Å². The van der Waals surface area contributed by atoms with Gasteiger partial charge in [0.1, 0.15) is 16.9 Å². The molecule has 0 spiro atoms. The van der Waals surface area contributed by atoms with Crippen molar-refractivity contribution in [2.45, 2.75) is 6.92 Å². The molecule has 0 aliphatic carbocycles. The standard InChI is InChI=1S/C27H24N6O3/c1-16-8-11-18(12-9-16)30-27(34)23-24-26(32-20-7-5-4-6-19(20)31-24)33(25(23)28)29-15-17-10-13-21(35-2)22(14-17)36-3/h4-15H,28H2,1-3H3,(H,30,34)/b29-15-. The fourth-order valence-corrected chi connectivity index (χ4v) is 3.88. The maximum atomic E-state index is 13.4. The van der Waals surface area contributed by atoms with Gasteiger partial charge in [-0.2, -0.15) is 9.78 Å². The number of aromatic nitrogens is 3. The molecule has 0 fully saturated rings. The van der Waals surface area contributed by atoms with E-state index < -0.39 is 5.91 Å². The summed E-state index contributed by atoms with van der Waals surface area (Å²) in [6, 6.07) is 20.3. The third kappa shape index (κ3) is 4.18. The van der Waals surface area contributed by atoms with Crippen molar-refractivity contribution in [2.24, 2.45) is 5.10 Å². The highest BCUT2D eigenvalue weighted by atomic mass is 16.5. The molecule has 0 aliphatic heterocycles. The Morgan fingerprint density at radius 1 is 0.972 bits per heavy atom.